The minimum atomic E-state index is 0. The van der Waals surface area contributed by atoms with Crippen LogP contribution >= 0.6 is 9.90 Å². The Morgan fingerprint density at radius 1 is 1.25 bits per heavy atom. The van der Waals surface area contributed by atoms with Crippen LogP contribution in [-0.2, 0) is 0 Å². The van der Waals surface area contributed by atoms with Gasteiger partial charge in [0.2, 0.25) is 0 Å². The van der Waals surface area contributed by atoms with Crippen molar-refractivity contribution in [3.8, 4) is 0 Å². The van der Waals surface area contributed by atoms with Gasteiger partial charge in [0, 0.05) is 0 Å². The van der Waals surface area contributed by atoms with Gasteiger partial charge in [0.05, 0.1) is 0 Å². The van der Waals surface area contributed by atoms with Crippen LogP contribution in [0.1, 0.15) is 1.43 Å². The topological polar surface area (TPSA) is 30.0 Å². The van der Waals surface area contributed by atoms with E-state index in [4.69, 9.17) is 0 Å². The maximum Gasteiger partial charge on any atom is 1.00 e. The third-order valence-electron chi connectivity index (χ3n) is 0. The maximum absolute atomic E-state index is 0. The van der Waals surface area contributed by atoms with E-state index >= 15 is 0 Å². The van der Waals surface area contributed by atoms with Gasteiger partial charge in [0.1, 0.15) is 0 Å². The van der Waals surface area contributed by atoms with E-state index in [0.29, 0.717) is 0 Å². The van der Waals surface area contributed by atoms with Crippen molar-refractivity contribution in [3.63, 3.8) is 0 Å². The van der Waals surface area contributed by atoms with E-state index in [1.54, 1.807) is 0 Å². The van der Waals surface area contributed by atoms with E-state index in [9.17, 15) is 0 Å². The third-order valence-corrected chi connectivity index (χ3v) is 0. The molecule has 0 aliphatic carbocycles. The van der Waals surface area contributed by atoms with Gasteiger partial charge in [-0.15, -0.1) is 0 Å². The van der Waals surface area contributed by atoms with Crippen LogP contribution < -0.4 is 70.2 Å². The summed E-state index contributed by atoms with van der Waals surface area (Å²) >= 11 is 0. The van der Waals surface area contributed by atoms with Gasteiger partial charge in [-0.25, -0.2) is 0 Å². The summed E-state index contributed by atoms with van der Waals surface area (Å²) in [5.41, 5.74) is 0. The van der Waals surface area contributed by atoms with Crippen molar-refractivity contribution >= 4 is 9.90 Å². The van der Waals surface area contributed by atoms with Crippen LogP contribution in [0.4, 0.5) is 0 Å². The molecule has 0 aliphatic rings. The Hall–Kier alpha value is 2.62. The Kier molecular flexibility index (Phi) is 133. The summed E-state index contributed by atoms with van der Waals surface area (Å²) < 4.78 is 0. The Labute approximate surface area is 85.3 Å². The van der Waals surface area contributed by atoms with E-state index in [-0.39, 0.29) is 87.0 Å². The molecule has 0 fully saturated rings. The molecule has 0 spiro atoms. The molecule has 0 aromatic carbocycles. The summed E-state index contributed by atoms with van der Waals surface area (Å²) in [6, 6.07) is 0. The molecule has 0 amide bonds. The first-order chi connectivity index (χ1) is 0. The molecule has 4 heteroatoms. The smallest absolute Gasteiger partial charge is 1.00 e. The molecule has 0 rings (SSSR count). The second-order valence-electron chi connectivity index (χ2n) is 0. The Morgan fingerprint density at radius 2 is 1.25 bits per heavy atom. The van der Waals surface area contributed by atoms with Gasteiger partial charge >= 0.3 is 70.2 Å². The van der Waals surface area contributed by atoms with E-state index in [0.717, 1.165) is 0 Å². The van der Waals surface area contributed by atoms with Gasteiger partial charge in [-0.2, -0.15) is 9.90 Å². The largest absolute Gasteiger partial charge is 1.00 e. The predicted molar refractivity (Wildman–Crippen MR) is 14.2 cm³/mol. The zero-order valence-electron chi connectivity index (χ0n) is 4.15. The van der Waals surface area contributed by atoms with Crippen LogP contribution in [-0.4, -0.2) is 5.48 Å². The number of hydrogen-bond donors (Lipinski definition) is 0. The average Bonchev–Trinajstić information content (AvgIpc) is 0. The summed E-state index contributed by atoms with van der Waals surface area (Å²) in [5.74, 6) is 0. The van der Waals surface area contributed by atoms with E-state index in [1.807, 2.05) is 0 Å². The van der Waals surface area contributed by atoms with Crippen molar-refractivity contribution in [2.75, 3.05) is 0 Å². The van der Waals surface area contributed by atoms with Gasteiger partial charge in [-0.05, 0) is 0 Å². The third kappa shape index (κ3) is 8.82. The monoisotopic (exact) mass is 98.0 g/mol. The normalized spacial score (nSPS) is 0. The molecule has 1 unspecified atom stereocenters. The van der Waals surface area contributed by atoms with Crippen LogP contribution in [0.5, 0.6) is 0 Å². The van der Waals surface area contributed by atoms with Gasteiger partial charge in [0.15, 0.2) is 0 Å². The van der Waals surface area contributed by atoms with Crippen molar-refractivity contribution in [3.05, 3.63) is 0 Å². The van der Waals surface area contributed by atoms with Crippen LogP contribution in [0.2, 0.25) is 0 Å². The van der Waals surface area contributed by atoms with Crippen molar-refractivity contribution in [2.24, 2.45) is 0 Å². The van der Waals surface area contributed by atoms with Crippen LogP contribution in [0.15, 0.2) is 0 Å². The summed E-state index contributed by atoms with van der Waals surface area (Å²) in [5, 5.41) is 0. The van der Waals surface area contributed by atoms with Crippen LogP contribution in [0.3, 0.4) is 0 Å². The van der Waals surface area contributed by atoms with Crippen molar-refractivity contribution < 1.29 is 77.1 Å². The summed E-state index contributed by atoms with van der Waals surface area (Å²) in [6.45, 7) is 0. The Balaban J connectivity index is 0. The quantitative estimate of drug-likeness (QED) is 0.219. The minimum absolute atomic E-state index is 0. The first kappa shape index (κ1) is 30.4. The van der Waals surface area contributed by atoms with Crippen molar-refractivity contribution in [1.29, 1.82) is 0 Å². The Bertz CT molecular complexity index is 11.6. The van der Waals surface area contributed by atoms with Crippen LogP contribution in [0.25, 0.3) is 0 Å². The molecule has 0 aromatic heterocycles. The molecule has 0 radical (unpaired) electrons. The fourth-order valence-electron chi connectivity index (χ4n) is 0. The Morgan fingerprint density at radius 3 is 1.25 bits per heavy atom. The molecule has 0 saturated carbocycles. The van der Waals surface area contributed by atoms with Crippen molar-refractivity contribution in [2.45, 2.75) is 0 Å². The molecular weight excluding hydrogens is 93.0 g/mol. The van der Waals surface area contributed by atoms with Gasteiger partial charge < -0.3 is 6.90 Å². The van der Waals surface area contributed by atoms with Crippen LogP contribution in [0, 0.1) is 0 Å². The second-order valence-corrected chi connectivity index (χ2v) is 0. The molecular formula is H5KLiOP. The molecule has 18 valence electrons. The maximum atomic E-state index is 0. The van der Waals surface area contributed by atoms with E-state index in [1.165, 1.54) is 0 Å². The molecule has 1 N–H and O–H groups in total. The first-order valence-electron chi connectivity index (χ1n) is 0. The van der Waals surface area contributed by atoms with Crippen molar-refractivity contribution in [1.82, 2.24) is 0 Å². The molecule has 0 heterocycles. The molecule has 4 heavy (non-hydrogen) atoms. The fourth-order valence-corrected chi connectivity index (χ4v) is 0. The standard InChI is InChI=1S/K.Li.H2O.H3P.H/h;;1H2;1H3;/q2*+1;;;-1/p-1. The van der Waals surface area contributed by atoms with Gasteiger partial charge in [-0.1, -0.05) is 0 Å². The summed E-state index contributed by atoms with van der Waals surface area (Å²) in [4.78, 5) is 0. The molecule has 0 aromatic rings. The zero-order valence-corrected chi connectivity index (χ0v) is 7.69. The van der Waals surface area contributed by atoms with E-state index in [2.05, 4.69) is 0 Å². The second kappa shape index (κ2) is 17.5. The molecule has 0 aliphatic heterocycles. The SMILES string of the molecule is P.[H-].[K+].[Li+].[OH-]. The van der Waals surface area contributed by atoms with E-state index < -0.39 is 0 Å². The first-order valence-corrected chi connectivity index (χ1v) is 0. The molecule has 0 bridgehead atoms. The summed E-state index contributed by atoms with van der Waals surface area (Å²) in [6.07, 6.45) is 0. The number of hydrogen-bond acceptors (Lipinski definition) is 1. The van der Waals surface area contributed by atoms with Gasteiger partial charge in [-0.3, -0.25) is 0 Å². The number of rotatable bonds is 0. The molecule has 1 atom stereocenters. The average molecular weight is 98.1 g/mol. The summed E-state index contributed by atoms with van der Waals surface area (Å²) in [7, 11) is 0. The predicted octanol–water partition coefficient (Wildman–Crippen LogP) is -6.00. The minimum Gasteiger partial charge on any atom is -1.00 e. The molecule has 1 nitrogen and oxygen atoms in total. The van der Waals surface area contributed by atoms with Gasteiger partial charge in [0.25, 0.3) is 0 Å². The zero-order chi connectivity index (χ0) is 0. The molecule has 0 saturated heterocycles. The fraction of sp³-hybridized carbons (Fsp3) is 0.